The van der Waals surface area contributed by atoms with Gasteiger partial charge in [0, 0.05) is 11.8 Å². The minimum atomic E-state index is -1.59. The van der Waals surface area contributed by atoms with E-state index in [-0.39, 0.29) is 23.0 Å². The lowest BCUT2D eigenvalue weighted by molar-refractivity contribution is 0.102. The molecule has 0 aliphatic heterocycles. The predicted octanol–water partition coefficient (Wildman–Crippen LogP) is 4.51. The first-order chi connectivity index (χ1) is 12.8. The number of carbonyl (C=O) groups is 1. The normalized spacial score (nSPS) is 10.6. The highest BCUT2D eigenvalue weighted by molar-refractivity contribution is 6.03. The number of aryl methyl sites for hydroxylation is 2. The standard InChI is InChI=1S/C19H15F3N4O/c1-10-4-3-5-12(8-10)25-19(27)15-9-16(24-11(2)23-15)26-14-7-6-13(20)17(21)18(14)22/h3-9H,1-2H3,(H,25,27)(H,23,24,26). The van der Waals surface area contributed by atoms with E-state index >= 15 is 0 Å². The molecule has 0 aliphatic rings. The summed E-state index contributed by atoms with van der Waals surface area (Å²) < 4.78 is 40.2. The number of hydrogen-bond donors (Lipinski definition) is 2. The van der Waals surface area contributed by atoms with Crippen molar-refractivity contribution in [3.63, 3.8) is 0 Å². The fourth-order valence-corrected chi connectivity index (χ4v) is 2.43. The zero-order valence-electron chi connectivity index (χ0n) is 14.5. The Balaban J connectivity index is 1.86. The summed E-state index contributed by atoms with van der Waals surface area (Å²) in [4.78, 5) is 20.5. The van der Waals surface area contributed by atoms with Crippen molar-refractivity contribution in [1.82, 2.24) is 9.97 Å². The van der Waals surface area contributed by atoms with Crippen molar-refractivity contribution in [3.05, 3.63) is 77.0 Å². The van der Waals surface area contributed by atoms with E-state index in [9.17, 15) is 18.0 Å². The highest BCUT2D eigenvalue weighted by atomic mass is 19.2. The van der Waals surface area contributed by atoms with Crippen molar-refractivity contribution in [3.8, 4) is 0 Å². The van der Waals surface area contributed by atoms with Gasteiger partial charge in [-0.05, 0) is 43.7 Å². The number of benzene rings is 2. The minimum Gasteiger partial charge on any atom is -0.338 e. The maximum absolute atomic E-state index is 13.8. The van der Waals surface area contributed by atoms with Crippen molar-refractivity contribution in [2.45, 2.75) is 13.8 Å². The van der Waals surface area contributed by atoms with E-state index in [1.165, 1.54) is 6.07 Å². The maximum Gasteiger partial charge on any atom is 0.274 e. The number of rotatable bonds is 4. The molecule has 0 aliphatic carbocycles. The first kappa shape index (κ1) is 18.4. The molecule has 3 rings (SSSR count). The van der Waals surface area contributed by atoms with Gasteiger partial charge < -0.3 is 10.6 Å². The molecule has 138 valence electrons. The smallest absolute Gasteiger partial charge is 0.274 e. The Morgan fingerprint density at radius 2 is 1.74 bits per heavy atom. The third-order valence-corrected chi connectivity index (χ3v) is 3.64. The monoisotopic (exact) mass is 372 g/mol. The van der Waals surface area contributed by atoms with Gasteiger partial charge in [0.2, 0.25) is 0 Å². The van der Waals surface area contributed by atoms with E-state index in [0.29, 0.717) is 5.69 Å². The van der Waals surface area contributed by atoms with E-state index in [4.69, 9.17) is 0 Å². The molecule has 0 atom stereocenters. The van der Waals surface area contributed by atoms with Crippen LogP contribution < -0.4 is 10.6 Å². The number of hydrogen-bond acceptors (Lipinski definition) is 4. The average molecular weight is 372 g/mol. The molecule has 8 heteroatoms. The van der Waals surface area contributed by atoms with Crippen LogP contribution in [0.2, 0.25) is 0 Å². The zero-order chi connectivity index (χ0) is 19.6. The van der Waals surface area contributed by atoms with E-state index in [1.807, 2.05) is 13.0 Å². The van der Waals surface area contributed by atoms with Crippen molar-refractivity contribution in [2.24, 2.45) is 0 Å². The van der Waals surface area contributed by atoms with Crippen LogP contribution in [0, 0.1) is 31.3 Å². The number of nitrogens with one attached hydrogen (secondary N) is 2. The molecule has 1 aromatic heterocycles. The molecule has 0 radical (unpaired) electrons. The Labute approximate surface area is 153 Å². The van der Waals surface area contributed by atoms with Gasteiger partial charge in [-0.3, -0.25) is 4.79 Å². The second kappa shape index (κ2) is 7.45. The quantitative estimate of drug-likeness (QED) is 0.662. The third kappa shape index (κ3) is 4.22. The Kier molecular flexibility index (Phi) is 5.07. The van der Waals surface area contributed by atoms with Crippen molar-refractivity contribution in [1.29, 1.82) is 0 Å². The van der Waals surface area contributed by atoms with Crippen molar-refractivity contribution < 1.29 is 18.0 Å². The summed E-state index contributed by atoms with van der Waals surface area (Å²) >= 11 is 0. The van der Waals surface area contributed by atoms with E-state index in [0.717, 1.165) is 17.7 Å². The van der Waals surface area contributed by atoms with Gasteiger partial charge >= 0.3 is 0 Å². The molecule has 0 saturated heterocycles. The fourth-order valence-electron chi connectivity index (χ4n) is 2.43. The van der Waals surface area contributed by atoms with Gasteiger partial charge in [0.1, 0.15) is 17.3 Å². The van der Waals surface area contributed by atoms with Gasteiger partial charge in [0.15, 0.2) is 17.5 Å². The van der Waals surface area contributed by atoms with E-state index in [1.54, 1.807) is 25.1 Å². The molecule has 0 bridgehead atoms. The molecular formula is C19H15F3N4O. The molecule has 0 unspecified atom stereocenters. The van der Waals surface area contributed by atoms with Crippen LogP contribution in [0.5, 0.6) is 0 Å². The highest BCUT2D eigenvalue weighted by Gasteiger charge is 2.16. The zero-order valence-corrected chi connectivity index (χ0v) is 14.5. The largest absolute Gasteiger partial charge is 0.338 e. The Morgan fingerprint density at radius 1 is 0.963 bits per heavy atom. The number of nitrogens with zero attached hydrogens (tertiary/aromatic N) is 2. The molecule has 1 heterocycles. The lowest BCUT2D eigenvalue weighted by atomic mass is 10.2. The summed E-state index contributed by atoms with van der Waals surface area (Å²) in [6, 6.07) is 10.3. The molecular weight excluding hydrogens is 357 g/mol. The van der Waals surface area contributed by atoms with Crippen LogP contribution in [0.25, 0.3) is 0 Å². The summed E-state index contributed by atoms with van der Waals surface area (Å²) in [6.45, 7) is 3.44. The fraction of sp³-hybridized carbons (Fsp3) is 0.105. The molecule has 27 heavy (non-hydrogen) atoms. The summed E-state index contributed by atoms with van der Waals surface area (Å²) in [6.07, 6.45) is 0. The molecule has 5 nitrogen and oxygen atoms in total. The van der Waals surface area contributed by atoms with Crippen LogP contribution in [0.3, 0.4) is 0 Å². The van der Waals surface area contributed by atoms with Crippen LogP contribution in [0.1, 0.15) is 21.9 Å². The van der Waals surface area contributed by atoms with Crippen molar-refractivity contribution in [2.75, 3.05) is 10.6 Å². The summed E-state index contributed by atoms with van der Waals surface area (Å²) in [5, 5.41) is 5.24. The van der Waals surface area contributed by atoms with Crippen molar-refractivity contribution >= 4 is 23.1 Å². The number of carbonyl (C=O) groups excluding carboxylic acids is 1. The Morgan fingerprint density at radius 3 is 2.48 bits per heavy atom. The van der Waals surface area contributed by atoms with E-state index < -0.39 is 23.4 Å². The van der Waals surface area contributed by atoms with Gasteiger partial charge in [-0.15, -0.1) is 0 Å². The Hall–Kier alpha value is -3.42. The second-order valence-electron chi connectivity index (χ2n) is 5.86. The number of amides is 1. The van der Waals surface area contributed by atoms with Gasteiger partial charge in [0.25, 0.3) is 5.91 Å². The van der Waals surface area contributed by atoms with Crippen LogP contribution in [0.4, 0.5) is 30.4 Å². The highest BCUT2D eigenvalue weighted by Crippen LogP contribution is 2.23. The lowest BCUT2D eigenvalue weighted by Crippen LogP contribution is -2.15. The summed E-state index contributed by atoms with van der Waals surface area (Å²) in [5.74, 6) is -4.44. The molecule has 3 aromatic rings. The van der Waals surface area contributed by atoms with Crippen LogP contribution in [0.15, 0.2) is 42.5 Å². The van der Waals surface area contributed by atoms with Gasteiger partial charge in [-0.2, -0.15) is 0 Å². The number of anilines is 3. The first-order valence-corrected chi connectivity index (χ1v) is 7.97. The van der Waals surface area contributed by atoms with Crippen LogP contribution in [-0.4, -0.2) is 15.9 Å². The van der Waals surface area contributed by atoms with Gasteiger partial charge in [-0.25, -0.2) is 23.1 Å². The molecule has 0 saturated carbocycles. The Bertz CT molecular complexity index is 1020. The SMILES string of the molecule is Cc1cccc(NC(=O)c2cc(Nc3ccc(F)c(F)c3F)nc(C)n2)c1. The van der Waals surface area contributed by atoms with Gasteiger partial charge in [-0.1, -0.05) is 12.1 Å². The number of aromatic nitrogens is 2. The molecule has 0 fully saturated rings. The van der Waals surface area contributed by atoms with Crippen LogP contribution in [-0.2, 0) is 0 Å². The van der Waals surface area contributed by atoms with E-state index in [2.05, 4.69) is 20.6 Å². The molecule has 0 spiro atoms. The molecule has 2 N–H and O–H groups in total. The average Bonchev–Trinajstić information content (AvgIpc) is 2.62. The number of halogens is 3. The summed E-state index contributed by atoms with van der Waals surface area (Å²) in [7, 11) is 0. The second-order valence-corrected chi connectivity index (χ2v) is 5.86. The molecule has 2 aromatic carbocycles. The minimum absolute atomic E-state index is 0.0366. The van der Waals surface area contributed by atoms with Gasteiger partial charge in [0.05, 0.1) is 5.69 Å². The topological polar surface area (TPSA) is 66.9 Å². The summed E-state index contributed by atoms with van der Waals surface area (Å²) in [5.41, 5.74) is 1.30. The predicted molar refractivity (Wildman–Crippen MR) is 95.5 cm³/mol. The third-order valence-electron chi connectivity index (χ3n) is 3.64. The maximum atomic E-state index is 13.8. The molecule has 1 amide bonds. The lowest BCUT2D eigenvalue weighted by Gasteiger charge is -2.10. The first-order valence-electron chi connectivity index (χ1n) is 7.97. The van der Waals surface area contributed by atoms with Crippen LogP contribution >= 0.6 is 0 Å².